The SMILES string of the molecule is C/C=C(\N=C(OC)C1CCCN1)c1ccc(OC/C=C/CCCC)c(C(F)(F)F)c1. The molecule has 1 aliphatic rings. The van der Waals surface area contributed by atoms with Crippen molar-refractivity contribution >= 4 is 11.6 Å². The molecule has 1 aromatic carbocycles. The summed E-state index contributed by atoms with van der Waals surface area (Å²) >= 11 is 0. The van der Waals surface area contributed by atoms with Gasteiger partial charge in [0.15, 0.2) is 0 Å². The monoisotopic (exact) mass is 424 g/mol. The maximum atomic E-state index is 13.7. The number of unbranched alkanes of at least 4 members (excludes halogenated alkanes) is 2. The maximum absolute atomic E-state index is 13.7. The zero-order valence-corrected chi connectivity index (χ0v) is 17.9. The maximum Gasteiger partial charge on any atom is 0.419 e. The number of aliphatic imine (C=N–C) groups is 1. The Kier molecular flexibility index (Phi) is 9.43. The van der Waals surface area contributed by atoms with Crippen LogP contribution in [-0.4, -0.2) is 32.2 Å². The summed E-state index contributed by atoms with van der Waals surface area (Å²) in [7, 11) is 1.53. The first-order valence-corrected chi connectivity index (χ1v) is 10.4. The highest BCUT2D eigenvalue weighted by Crippen LogP contribution is 2.38. The van der Waals surface area contributed by atoms with Gasteiger partial charge in [-0.2, -0.15) is 13.2 Å². The largest absolute Gasteiger partial charge is 0.489 e. The summed E-state index contributed by atoms with van der Waals surface area (Å²) < 4.78 is 51.8. The Bertz CT molecular complexity index is 764. The first-order valence-electron chi connectivity index (χ1n) is 10.4. The van der Waals surface area contributed by atoms with E-state index in [0.717, 1.165) is 44.7 Å². The molecule has 1 aliphatic heterocycles. The van der Waals surface area contributed by atoms with Crippen molar-refractivity contribution in [1.29, 1.82) is 0 Å². The minimum atomic E-state index is -4.53. The fourth-order valence-corrected chi connectivity index (χ4v) is 3.26. The summed E-state index contributed by atoms with van der Waals surface area (Å²) in [5.74, 6) is 0.293. The van der Waals surface area contributed by atoms with E-state index in [9.17, 15) is 13.2 Å². The van der Waals surface area contributed by atoms with Gasteiger partial charge in [0.2, 0.25) is 5.90 Å². The molecule has 1 fully saturated rings. The van der Waals surface area contributed by atoms with Crippen LogP contribution >= 0.6 is 0 Å². The number of methoxy groups -OCH3 is 1. The van der Waals surface area contributed by atoms with Crippen molar-refractivity contribution < 1.29 is 22.6 Å². The fourth-order valence-electron chi connectivity index (χ4n) is 3.26. The van der Waals surface area contributed by atoms with Crippen LogP contribution in [0.3, 0.4) is 0 Å². The molecule has 0 saturated carbocycles. The van der Waals surface area contributed by atoms with E-state index >= 15 is 0 Å². The van der Waals surface area contributed by atoms with Crippen molar-refractivity contribution in [3.05, 3.63) is 47.6 Å². The van der Waals surface area contributed by atoms with E-state index in [1.54, 1.807) is 25.1 Å². The molecule has 1 N–H and O–H groups in total. The molecule has 0 spiro atoms. The molecule has 1 unspecified atom stereocenters. The molecule has 7 heteroatoms. The minimum Gasteiger partial charge on any atom is -0.489 e. The molecule has 1 atom stereocenters. The predicted molar refractivity (Wildman–Crippen MR) is 115 cm³/mol. The van der Waals surface area contributed by atoms with Crippen LogP contribution in [0.25, 0.3) is 5.70 Å². The van der Waals surface area contributed by atoms with Crippen LogP contribution in [0.1, 0.15) is 57.1 Å². The van der Waals surface area contributed by atoms with Crippen molar-refractivity contribution in [3.63, 3.8) is 0 Å². The van der Waals surface area contributed by atoms with E-state index in [-0.39, 0.29) is 18.4 Å². The van der Waals surface area contributed by atoms with Gasteiger partial charge in [-0.05, 0) is 50.9 Å². The number of ether oxygens (including phenoxy) is 2. The lowest BCUT2D eigenvalue weighted by Gasteiger charge is -2.16. The van der Waals surface area contributed by atoms with Crippen LogP contribution < -0.4 is 10.1 Å². The minimum absolute atomic E-state index is 0.0193. The van der Waals surface area contributed by atoms with Gasteiger partial charge < -0.3 is 14.8 Å². The Balaban J connectivity index is 2.24. The number of hydrogen-bond acceptors (Lipinski definition) is 4. The number of benzene rings is 1. The number of halogens is 3. The number of nitrogens with zero attached hydrogens (tertiary/aromatic N) is 1. The lowest BCUT2D eigenvalue weighted by molar-refractivity contribution is -0.138. The van der Waals surface area contributed by atoms with E-state index in [0.29, 0.717) is 17.2 Å². The molecule has 0 amide bonds. The topological polar surface area (TPSA) is 42.8 Å². The molecule has 1 aromatic rings. The molecule has 166 valence electrons. The molecule has 0 bridgehead atoms. The lowest BCUT2D eigenvalue weighted by atomic mass is 10.1. The highest BCUT2D eigenvalue weighted by atomic mass is 19.4. The number of alkyl halides is 3. The number of hydrogen-bond donors (Lipinski definition) is 1. The Morgan fingerprint density at radius 1 is 1.30 bits per heavy atom. The van der Waals surface area contributed by atoms with E-state index in [1.165, 1.54) is 13.2 Å². The predicted octanol–water partition coefficient (Wildman–Crippen LogP) is 5.99. The van der Waals surface area contributed by atoms with Gasteiger partial charge in [0.1, 0.15) is 12.4 Å². The Morgan fingerprint density at radius 2 is 2.10 bits per heavy atom. The third-order valence-corrected chi connectivity index (χ3v) is 4.88. The van der Waals surface area contributed by atoms with Crippen LogP contribution in [0.5, 0.6) is 5.75 Å². The van der Waals surface area contributed by atoms with Crippen LogP contribution in [-0.2, 0) is 10.9 Å². The van der Waals surface area contributed by atoms with Crippen molar-refractivity contribution in [3.8, 4) is 5.75 Å². The summed E-state index contributed by atoms with van der Waals surface area (Å²) in [6, 6.07) is 4.02. The molecule has 1 saturated heterocycles. The smallest absolute Gasteiger partial charge is 0.419 e. The number of nitrogens with one attached hydrogen (secondary N) is 1. The molecule has 0 aromatic heterocycles. The van der Waals surface area contributed by atoms with Gasteiger partial charge in [-0.3, -0.25) is 0 Å². The second-order valence-electron chi connectivity index (χ2n) is 7.11. The van der Waals surface area contributed by atoms with E-state index in [1.807, 2.05) is 6.08 Å². The van der Waals surface area contributed by atoms with Crippen LogP contribution in [0.15, 0.2) is 41.4 Å². The summed E-state index contributed by atoms with van der Waals surface area (Å²) in [5, 5.41) is 3.29. The van der Waals surface area contributed by atoms with Crippen LogP contribution in [0.4, 0.5) is 13.2 Å². The Labute approximate surface area is 176 Å². The second-order valence-corrected chi connectivity index (χ2v) is 7.11. The quantitative estimate of drug-likeness (QED) is 0.229. The molecule has 0 aliphatic carbocycles. The molecule has 1 heterocycles. The first-order chi connectivity index (χ1) is 14.4. The first kappa shape index (κ1) is 24.0. The summed E-state index contributed by atoms with van der Waals surface area (Å²) in [6.45, 7) is 4.80. The van der Waals surface area contributed by atoms with Gasteiger partial charge in [0.25, 0.3) is 0 Å². The zero-order valence-electron chi connectivity index (χ0n) is 17.9. The zero-order chi connectivity index (χ0) is 22.0. The Hall–Kier alpha value is -2.28. The normalized spacial score (nSPS) is 18.3. The van der Waals surface area contributed by atoms with Crippen molar-refractivity contribution in [2.24, 2.45) is 4.99 Å². The van der Waals surface area contributed by atoms with Gasteiger partial charge in [-0.15, -0.1) is 0 Å². The second kappa shape index (κ2) is 11.8. The summed E-state index contributed by atoms with van der Waals surface area (Å²) in [6.07, 6.45) is 5.74. The molecule has 4 nitrogen and oxygen atoms in total. The molecular formula is C23H31F3N2O2. The standard InChI is InChI=1S/C23H31F3N2O2/c1-4-6-7-8-9-15-30-21-13-12-17(16-18(21)23(24,25)26)19(5-2)28-22(29-3)20-11-10-14-27-20/h5,8-9,12-13,16,20,27H,4,6-7,10-11,14-15H2,1-3H3/b9-8+,19-5-,28-22?. The third-order valence-electron chi connectivity index (χ3n) is 4.88. The van der Waals surface area contributed by atoms with Crippen LogP contribution in [0.2, 0.25) is 0 Å². The number of rotatable bonds is 9. The van der Waals surface area contributed by atoms with Crippen molar-refractivity contribution in [2.75, 3.05) is 20.3 Å². The average molecular weight is 425 g/mol. The third kappa shape index (κ3) is 6.90. The van der Waals surface area contributed by atoms with Gasteiger partial charge >= 0.3 is 6.18 Å². The van der Waals surface area contributed by atoms with Crippen LogP contribution in [0, 0.1) is 0 Å². The van der Waals surface area contributed by atoms with Gasteiger partial charge in [-0.1, -0.05) is 38.0 Å². The lowest BCUT2D eigenvalue weighted by Crippen LogP contribution is -2.32. The van der Waals surface area contributed by atoms with Gasteiger partial charge in [-0.25, -0.2) is 4.99 Å². The van der Waals surface area contributed by atoms with E-state index < -0.39 is 11.7 Å². The van der Waals surface area contributed by atoms with Gasteiger partial charge in [0.05, 0.1) is 24.4 Å². The highest BCUT2D eigenvalue weighted by Gasteiger charge is 2.35. The van der Waals surface area contributed by atoms with Gasteiger partial charge in [0, 0.05) is 5.56 Å². The fraction of sp³-hybridized carbons (Fsp3) is 0.522. The van der Waals surface area contributed by atoms with E-state index in [2.05, 4.69) is 17.2 Å². The average Bonchev–Trinajstić information content (AvgIpc) is 3.25. The molecular weight excluding hydrogens is 393 g/mol. The number of allylic oxidation sites excluding steroid dienone is 2. The molecule has 30 heavy (non-hydrogen) atoms. The summed E-state index contributed by atoms with van der Waals surface area (Å²) in [5.41, 5.74) is -0.0188. The highest BCUT2D eigenvalue weighted by molar-refractivity contribution is 5.88. The molecule has 2 rings (SSSR count). The molecule has 0 radical (unpaired) electrons. The van der Waals surface area contributed by atoms with Crippen molar-refractivity contribution in [2.45, 2.75) is 58.2 Å². The van der Waals surface area contributed by atoms with Crippen molar-refractivity contribution in [1.82, 2.24) is 5.32 Å². The Morgan fingerprint density at radius 3 is 2.70 bits per heavy atom. The van der Waals surface area contributed by atoms with E-state index in [4.69, 9.17) is 9.47 Å². The summed E-state index contributed by atoms with van der Waals surface area (Å²) in [4.78, 5) is 4.50.